The van der Waals surface area contributed by atoms with Crippen molar-refractivity contribution in [2.75, 3.05) is 330 Å². The van der Waals surface area contributed by atoms with Crippen LogP contribution in [0.4, 0.5) is 0 Å². The predicted molar refractivity (Wildman–Crippen MR) is 311 cm³/mol. The summed E-state index contributed by atoms with van der Waals surface area (Å²) < 4.78 is 141. The quantitative estimate of drug-likeness (QED) is 0.0475. The first kappa shape index (κ1) is 83.5. The first-order chi connectivity index (χ1) is 42.4. The number of rotatable bonds is 77. The predicted octanol–water partition coefficient (Wildman–Crippen LogP) is 1.62. The molecule has 0 rings (SSSR count). The normalized spacial score (nSPS) is 11.5. The van der Waals surface area contributed by atoms with Crippen LogP contribution in [0, 0.1) is 0 Å². The maximum atomic E-state index is 11.2. The molecule has 0 saturated carbocycles. The maximum absolute atomic E-state index is 11.2. The fourth-order valence-electron chi connectivity index (χ4n) is 5.79. The van der Waals surface area contributed by atoms with Gasteiger partial charge in [0.2, 0.25) is 0 Å². The van der Waals surface area contributed by atoms with E-state index in [1.54, 1.807) is 13.8 Å². The molecule has 0 aromatic heterocycles. The highest BCUT2D eigenvalue weighted by molar-refractivity contribution is 5.87. The van der Waals surface area contributed by atoms with E-state index in [0.717, 1.165) is 0 Å². The van der Waals surface area contributed by atoms with Crippen molar-refractivity contribution in [1.29, 1.82) is 0 Å². The minimum absolute atomic E-state index is 0.189. The van der Waals surface area contributed by atoms with Gasteiger partial charge in [-0.2, -0.15) is 0 Å². The van der Waals surface area contributed by atoms with Crippen LogP contribution in [0.25, 0.3) is 0 Å². The molecule has 0 amide bonds. The van der Waals surface area contributed by atoms with Crippen molar-refractivity contribution in [2.45, 2.75) is 13.8 Å². The average Bonchev–Trinajstić information content (AvgIpc) is 3.50. The SMILES string of the molecule is C=C(C)C(=O)OCCOCCOCCOCCOCCOCCOCCOCCOCCOCCOCCOCCOCCOCCOCCOCCOCCOCCOCCOCCOCCOCCOCCOCCOCCOC(=O)C(=C)C. The lowest BCUT2D eigenvalue weighted by Gasteiger charge is -2.09. The van der Waals surface area contributed by atoms with Gasteiger partial charge in [0.15, 0.2) is 0 Å². The van der Waals surface area contributed by atoms with Gasteiger partial charge in [0.25, 0.3) is 0 Å². The Morgan fingerprint density at radius 3 is 0.302 bits per heavy atom. The number of carbonyl (C=O) groups excluding carboxylic acids is 2. The zero-order valence-corrected chi connectivity index (χ0v) is 52.2. The molecule has 28 nitrogen and oxygen atoms in total. The fourth-order valence-corrected chi connectivity index (χ4v) is 5.79. The first-order valence-corrected chi connectivity index (χ1v) is 30.0. The van der Waals surface area contributed by atoms with Crippen molar-refractivity contribution in [3.8, 4) is 0 Å². The molecule has 0 atom stereocenters. The molecule has 28 heteroatoms. The van der Waals surface area contributed by atoms with E-state index in [4.69, 9.17) is 123 Å². The minimum atomic E-state index is -0.420. The summed E-state index contributed by atoms with van der Waals surface area (Å²) in [7, 11) is 0. The zero-order chi connectivity index (χ0) is 62.0. The van der Waals surface area contributed by atoms with E-state index in [-0.39, 0.29) is 13.2 Å². The molecule has 0 aliphatic heterocycles. The van der Waals surface area contributed by atoms with Gasteiger partial charge in [0.1, 0.15) is 13.2 Å². The Morgan fingerprint density at radius 1 is 0.163 bits per heavy atom. The molecule has 0 saturated heterocycles. The second kappa shape index (κ2) is 74.9. The van der Waals surface area contributed by atoms with Gasteiger partial charge in [-0.25, -0.2) is 9.59 Å². The van der Waals surface area contributed by atoms with Crippen molar-refractivity contribution in [1.82, 2.24) is 0 Å². The molecule has 0 aromatic carbocycles. The van der Waals surface area contributed by atoms with E-state index in [9.17, 15) is 9.59 Å². The van der Waals surface area contributed by atoms with Crippen molar-refractivity contribution >= 4 is 11.9 Å². The topological polar surface area (TPSA) is 274 Å². The number of hydrogen-bond donors (Lipinski definition) is 0. The summed E-state index contributed by atoms with van der Waals surface area (Å²) in [6, 6.07) is 0. The monoisotopic (exact) mass is 1250 g/mol. The summed E-state index contributed by atoms with van der Waals surface area (Å²) in [5, 5.41) is 0. The van der Waals surface area contributed by atoms with E-state index < -0.39 is 11.9 Å². The van der Waals surface area contributed by atoms with E-state index >= 15 is 0 Å². The molecule has 0 aromatic rings. The van der Waals surface area contributed by atoms with Gasteiger partial charge in [-0.1, -0.05) is 13.2 Å². The van der Waals surface area contributed by atoms with Crippen LogP contribution < -0.4 is 0 Å². The Hall–Kier alpha value is -2.54. The molecule has 0 radical (unpaired) electrons. The third kappa shape index (κ3) is 73.9. The van der Waals surface area contributed by atoms with Crippen LogP contribution in [-0.4, -0.2) is 342 Å². The van der Waals surface area contributed by atoms with E-state index in [1.807, 2.05) is 0 Å². The Morgan fingerprint density at radius 2 is 0.233 bits per heavy atom. The minimum Gasteiger partial charge on any atom is -0.460 e. The molecule has 0 aliphatic rings. The lowest BCUT2D eigenvalue weighted by Crippen LogP contribution is -2.16. The molecular weight excluding hydrogens is 1140 g/mol. The van der Waals surface area contributed by atoms with Gasteiger partial charge in [-0.05, 0) is 13.8 Å². The Balaban J connectivity index is 3.10. The van der Waals surface area contributed by atoms with Gasteiger partial charge in [0.05, 0.1) is 317 Å². The molecule has 0 heterocycles. The molecule has 0 unspecified atom stereocenters. The highest BCUT2D eigenvalue weighted by atomic mass is 16.6. The van der Waals surface area contributed by atoms with E-state index in [1.165, 1.54) is 0 Å². The highest BCUT2D eigenvalue weighted by Crippen LogP contribution is 1.95. The van der Waals surface area contributed by atoms with Crippen LogP contribution in [0.1, 0.15) is 13.8 Å². The van der Waals surface area contributed by atoms with Gasteiger partial charge < -0.3 is 123 Å². The summed E-state index contributed by atoms with van der Waals surface area (Å²) in [6.45, 7) is 32.9. The fraction of sp³-hybridized carbons (Fsp3) is 0.897. The Kier molecular flexibility index (Phi) is 72.7. The molecule has 86 heavy (non-hydrogen) atoms. The van der Waals surface area contributed by atoms with Crippen molar-refractivity contribution in [3.63, 3.8) is 0 Å². The van der Waals surface area contributed by atoms with Crippen molar-refractivity contribution < 1.29 is 133 Å². The van der Waals surface area contributed by atoms with Gasteiger partial charge >= 0.3 is 11.9 Å². The van der Waals surface area contributed by atoms with Crippen LogP contribution in [0.3, 0.4) is 0 Å². The van der Waals surface area contributed by atoms with Gasteiger partial charge in [0, 0.05) is 11.1 Å². The smallest absolute Gasteiger partial charge is 0.333 e. The molecule has 0 spiro atoms. The molecule has 0 bridgehead atoms. The average molecular weight is 1260 g/mol. The first-order valence-electron chi connectivity index (χ1n) is 30.0. The Labute approximate surface area is 511 Å². The standard InChI is InChI=1S/C58H110O28/c1-55(2)57(59)85-53-51-83-49-47-81-45-43-79-41-39-77-37-35-75-33-31-73-29-27-71-25-23-69-21-19-67-17-15-65-13-11-63-9-7-61-5-6-62-8-10-64-12-14-66-16-18-68-20-22-70-24-26-72-28-30-74-32-34-76-36-38-78-40-42-80-44-46-82-48-50-84-52-54-86-58(60)56(3)4/h1,3,5-54H2,2,4H3. The summed E-state index contributed by atoms with van der Waals surface area (Å²) in [5.74, 6) is -0.840. The van der Waals surface area contributed by atoms with Crippen molar-refractivity contribution in [3.05, 3.63) is 24.3 Å². The largest absolute Gasteiger partial charge is 0.460 e. The van der Waals surface area contributed by atoms with Gasteiger partial charge in [-0.15, -0.1) is 0 Å². The Bertz CT molecular complexity index is 1290. The van der Waals surface area contributed by atoms with Crippen molar-refractivity contribution in [2.24, 2.45) is 0 Å². The van der Waals surface area contributed by atoms with E-state index in [2.05, 4.69) is 13.2 Å². The van der Waals surface area contributed by atoms with Crippen LogP contribution in [0.15, 0.2) is 24.3 Å². The van der Waals surface area contributed by atoms with Crippen LogP contribution in [0.5, 0.6) is 0 Å². The maximum Gasteiger partial charge on any atom is 0.333 e. The van der Waals surface area contributed by atoms with E-state index in [0.29, 0.717) is 328 Å². The molecule has 0 fully saturated rings. The van der Waals surface area contributed by atoms with Crippen LogP contribution in [0.2, 0.25) is 0 Å². The highest BCUT2D eigenvalue weighted by Gasteiger charge is 2.05. The summed E-state index contributed by atoms with van der Waals surface area (Å²) in [4.78, 5) is 22.5. The summed E-state index contributed by atoms with van der Waals surface area (Å²) in [5.41, 5.74) is 0.726. The van der Waals surface area contributed by atoms with Crippen LogP contribution >= 0.6 is 0 Å². The summed E-state index contributed by atoms with van der Waals surface area (Å²) >= 11 is 0. The lowest BCUT2D eigenvalue weighted by molar-refractivity contribution is -0.141. The second-order valence-electron chi connectivity index (χ2n) is 17.5. The molecular formula is C58H110O28. The van der Waals surface area contributed by atoms with Crippen LogP contribution in [-0.2, 0) is 133 Å². The third-order valence-corrected chi connectivity index (χ3v) is 10.2. The number of hydrogen-bond acceptors (Lipinski definition) is 28. The number of carbonyl (C=O) groups is 2. The molecule has 0 N–H and O–H groups in total. The second-order valence-corrected chi connectivity index (χ2v) is 17.5. The number of ether oxygens (including phenoxy) is 26. The third-order valence-electron chi connectivity index (χ3n) is 10.2. The van der Waals surface area contributed by atoms with Gasteiger partial charge in [-0.3, -0.25) is 0 Å². The molecule has 510 valence electrons. The molecule has 0 aliphatic carbocycles. The zero-order valence-electron chi connectivity index (χ0n) is 52.2. The number of esters is 2. The lowest BCUT2D eigenvalue weighted by atomic mass is 10.4. The summed E-state index contributed by atoms with van der Waals surface area (Å²) in [6.07, 6.45) is 0.